The number of phenols is 1. The average Bonchev–Trinajstić information content (AvgIpc) is 2.84. The molecule has 0 aliphatic rings. The standard InChI is InChI=1S/C16H9ClN2O3/c17-10-1-3-12-9(7-18)8-19(14(12)5-10)11-2-4-13(16(21)22)15(20)6-11/h1-6,8,20H,(H,21,22). The van der Waals surface area contributed by atoms with Crippen molar-refractivity contribution < 1.29 is 15.0 Å². The van der Waals surface area contributed by atoms with E-state index in [4.69, 9.17) is 16.7 Å². The molecule has 6 heteroatoms. The number of halogens is 1. The van der Waals surface area contributed by atoms with Gasteiger partial charge in [0.15, 0.2) is 0 Å². The van der Waals surface area contributed by atoms with Crippen LogP contribution >= 0.6 is 11.6 Å². The zero-order chi connectivity index (χ0) is 15.9. The topological polar surface area (TPSA) is 86.2 Å². The predicted octanol–water partition coefficient (Wildman–Crippen LogP) is 3.56. The molecule has 0 saturated carbocycles. The van der Waals surface area contributed by atoms with Crippen LogP contribution < -0.4 is 0 Å². The number of hydrogen-bond acceptors (Lipinski definition) is 3. The molecular formula is C16H9ClN2O3. The fourth-order valence-corrected chi connectivity index (χ4v) is 2.52. The van der Waals surface area contributed by atoms with Crippen LogP contribution in [0.2, 0.25) is 5.02 Å². The Bertz CT molecular complexity index is 954. The van der Waals surface area contributed by atoms with E-state index in [9.17, 15) is 15.2 Å². The summed E-state index contributed by atoms with van der Waals surface area (Å²) in [6, 6.07) is 11.5. The maximum Gasteiger partial charge on any atom is 0.339 e. The second-order valence-electron chi connectivity index (χ2n) is 4.69. The summed E-state index contributed by atoms with van der Waals surface area (Å²) in [4.78, 5) is 10.9. The van der Waals surface area contributed by atoms with Crippen LogP contribution in [0.3, 0.4) is 0 Å². The Labute approximate surface area is 130 Å². The molecule has 22 heavy (non-hydrogen) atoms. The highest BCUT2D eigenvalue weighted by Gasteiger charge is 2.14. The van der Waals surface area contributed by atoms with Crippen LogP contribution in [-0.4, -0.2) is 20.7 Å². The van der Waals surface area contributed by atoms with Gasteiger partial charge in [-0.3, -0.25) is 0 Å². The summed E-state index contributed by atoms with van der Waals surface area (Å²) in [5, 5.41) is 29.2. The van der Waals surface area contributed by atoms with E-state index in [0.29, 0.717) is 21.8 Å². The van der Waals surface area contributed by atoms with Crippen LogP contribution in [0, 0.1) is 11.3 Å². The van der Waals surface area contributed by atoms with Crippen molar-refractivity contribution >= 4 is 28.5 Å². The molecule has 0 unspecified atom stereocenters. The van der Waals surface area contributed by atoms with Gasteiger partial charge in [-0.05, 0) is 24.3 Å². The van der Waals surface area contributed by atoms with Gasteiger partial charge in [0.05, 0.1) is 11.1 Å². The van der Waals surface area contributed by atoms with E-state index in [1.807, 2.05) is 0 Å². The Balaban J connectivity index is 2.27. The molecule has 1 heterocycles. The lowest BCUT2D eigenvalue weighted by Gasteiger charge is -2.07. The minimum Gasteiger partial charge on any atom is -0.507 e. The molecule has 5 nitrogen and oxygen atoms in total. The third-order valence-electron chi connectivity index (χ3n) is 3.38. The lowest BCUT2D eigenvalue weighted by molar-refractivity contribution is 0.0694. The number of carboxylic acid groups (broad SMARTS) is 1. The summed E-state index contributed by atoms with van der Waals surface area (Å²) in [7, 11) is 0. The van der Waals surface area contributed by atoms with E-state index in [-0.39, 0.29) is 11.3 Å². The van der Waals surface area contributed by atoms with Gasteiger partial charge in [-0.2, -0.15) is 5.26 Å². The van der Waals surface area contributed by atoms with Gasteiger partial charge >= 0.3 is 5.97 Å². The number of hydrogen-bond donors (Lipinski definition) is 2. The number of nitriles is 1. The predicted molar refractivity (Wildman–Crippen MR) is 81.6 cm³/mol. The van der Waals surface area contributed by atoms with Gasteiger partial charge in [-0.15, -0.1) is 0 Å². The van der Waals surface area contributed by atoms with Gasteiger partial charge in [0.1, 0.15) is 17.4 Å². The second kappa shape index (κ2) is 5.10. The van der Waals surface area contributed by atoms with Gasteiger partial charge in [0.25, 0.3) is 0 Å². The third-order valence-corrected chi connectivity index (χ3v) is 3.61. The van der Waals surface area contributed by atoms with Crippen molar-refractivity contribution in [1.29, 1.82) is 5.26 Å². The molecule has 108 valence electrons. The summed E-state index contributed by atoms with van der Waals surface area (Å²) < 4.78 is 1.69. The van der Waals surface area contributed by atoms with Crippen LogP contribution in [0.5, 0.6) is 5.75 Å². The van der Waals surface area contributed by atoms with E-state index in [0.717, 1.165) is 5.39 Å². The van der Waals surface area contributed by atoms with Crippen molar-refractivity contribution in [3.63, 3.8) is 0 Å². The molecule has 0 aliphatic heterocycles. The van der Waals surface area contributed by atoms with Gasteiger partial charge in [0.2, 0.25) is 0 Å². The van der Waals surface area contributed by atoms with Crippen molar-refractivity contribution in [1.82, 2.24) is 4.57 Å². The van der Waals surface area contributed by atoms with Crippen molar-refractivity contribution in [3.05, 3.63) is 58.7 Å². The Morgan fingerprint density at radius 2 is 2.00 bits per heavy atom. The van der Waals surface area contributed by atoms with Crippen LogP contribution in [0.1, 0.15) is 15.9 Å². The Morgan fingerprint density at radius 1 is 1.23 bits per heavy atom. The molecule has 1 aromatic heterocycles. The smallest absolute Gasteiger partial charge is 0.339 e. The molecule has 0 bridgehead atoms. The summed E-state index contributed by atoms with van der Waals surface area (Å²) in [5.74, 6) is -1.55. The van der Waals surface area contributed by atoms with E-state index in [1.54, 1.807) is 35.0 Å². The molecule has 3 aromatic rings. The van der Waals surface area contributed by atoms with Gasteiger partial charge in [0, 0.05) is 28.4 Å². The molecule has 0 atom stereocenters. The molecule has 0 saturated heterocycles. The molecule has 2 N–H and O–H groups in total. The van der Waals surface area contributed by atoms with Crippen molar-refractivity contribution in [2.75, 3.05) is 0 Å². The molecule has 0 radical (unpaired) electrons. The van der Waals surface area contributed by atoms with Gasteiger partial charge in [-0.25, -0.2) is 4.79 Å². The highest BCUT2D eigenvalue weighted by molar-refractivity contribution is 6.31. The summed E-state index contributed by atoms with van der Waals surface area (Å²) in [6.07, 6.45) is 1.62. The number of aromatic carboxylic acids is 1. The molecule has 0 spiro atoms. The van der Waals surface area contributed by atoms with Crippen LogP contribution in [-0.2, 0) is 0 Å². The lowest BCUT2D eigenvalue weighted by Crippen LogP contribution is -1.98. The van der Waals surface area contributed by atoms with Gasteiger partial charge < -0.3 is 14.8 Å². The number of carboxylic acids is 1. The lowest BCUT2D eigenvalue weighted by atomic mass is 10.1. The first-order chi connectivity index (χ1) is 10.5. The first-order valence-electron chi connectivity index (χ1n) is 6.28. The van der Waals surface area contributed by atoms with Crippen molar-refractivity contribution in [3.8, 4) is 17.5 Å². The number of fused-ring (bicyclic) bond motifs is 1. The molecular weight excluding hydrogens is 304 g/mol. The number of aromatic hydroxyl groups is 1. The molecule has 0 amide bonds. The number of aromatic nitrogens is 1. The largest absolute Gasteiger partial charge is 0.507 e. The minimum atomic E-state index is -1.21. The van der Waals surface area contributed by atoms with Crippen LogP contribution in [0.4, 0.5) is 0 Å². The zero-order valence-electron chi connectivity index (χ0n) is 11.1. The number of benzene rings is 2. The monoisotopic (exact) mass is 312 g/mol. The highest BCUT2D eigenvalue weighted by Crippen LogP contribution is 2.29. The maximum atomic E-state index is 10.9. The van der Waals surface area contributed by atoms with Gasteiger partial charge in [-0.1, -0.05) is 17.7 Å². The summed E-state index contributed by atoms with van der Waals surface area (Å²) in [6.45, 7) is 0. The maximum absolute atomic E-state index is 10.9. The normalized spacial score (nSPS) is 10.5. The molecule has 0 fully saturated rings. The van der Waals surface area contributed by atoms with E-state index >= 15 is 0 Å². The fourth-order valence-electron chi connectivity index (χ4n) is 2.35. The molecule has 0 aliphatic carbocycles. The first kappa shape index (κ1) is 14.0. The van der Waals surface area contributed by atoms with E-state index < -0.39 is 5.97 Å². The Kier molecular flexibility index (Phi) is 3.24. The SMILES string of the molecule is N#Cc1cn(-c2ccc(C(=O)O)c(O)c2)c2cc(Cl)ccc12. The average molecular weight is 313 g/mol. The van der Waals surface area contributed by atoms with Crippen LogP contribution in [0.25, 0.3) is 16.6 Å². The van der Waals surface area contributed by atoms with Crippen molar-refractivity contribution in [2.45, 2.75) is 0 Å². The molecule has 2 aromatic carbocycles. The van der Waals surface area contributed by atoms with E-state index in [1.165, 1.54) is 12.1 Å². The fraction of sp³-hybridized carbons (Fsp3) is 0. The number of nitrogens with zero attached hydrogens (tertiary/aromatic N) is 2. The minimum absolute atomic E-state index is 0.182. The third kappa shape index (κ3) is 2.16. The zero-order valence-corrected chi connectivity index (χ0v) is 11.9. The Morgan fingerprint density at radius 3 is 2.64 bits per heavy atom. The quantitative estimate of drug-likeness (QED) is 0.757. The number of rotatable bonds is 2. The Hall–Kier alpha value is -2.97. The summed E-state index contributed by atoms with van der Waals surface area (Å²) >= 11 is 6.01. The number of carbonyl (C=O) groups is 1. The first-order valence-corrected chi connectivity index (χ1v) is 6.66. The van der Waals surface area contributed by atoms with Crippen LogP contribution in [0.15, 0.2) is 42.6 Å². The summed E-state index contributed by atoms with van der Waals surface area (Å²) in [5.41, 5.74) is 1.52. The van der Waals surface area contributed by atoms with Crippen molar-refractivity contribution in [2.24, 2.45) is 0 Å². The van der Waals surface area contributed by atoms with E-state index in [2.05, 4.69) is 6.07 Å². The second-order valence-corrected chi connectivity index (χ2v) is 5.13. The molecule has 3 rings (SSSR count). The highest BCUT2D eigenvalue weighted by atomic mass is 35.5.